The third-order valence-corrected chi connectivity index (χ3v) is 7.85. The average Bonchev–Trinajstić information content (AvgIpc) is 3.25. The lowest BCUT2D eigenvalue weighted by Gasteiger charge is -2.26. The molecule has 0 aliphatic carbocycles. The molecule has 0 spiro atoms. The SMILES string of the molecule is CCC1(O)CC(=O)OCc2c1cc1n(c2=O)Cc2c-1nc1ccc3c(c1c2C[n+]1ccccc1)OCCO3.[Cl-]. The molecule has 1 aromatic carbocycles. The average molecular weight is 548 g/mol. The molecule has 0 radical (unpaired) electrons. The number of ether oxygens (including phenoxy) is 3. The topological polar surface area (TPSA) is 104 Å². The summed E-state index contributed by atoms with van der Waals surface area (Å²) >= 11 is 0. The van der Waals surface area contributed by atoms with Crippen molar-refractivity contribution in [1.29, 1.82) is 0 Å². The van der Waals surface area contributed by atoms with E-state index in [-0.39, 0.29) is 37.4 Å². The van der Waals surface area contributed by atoms with E-state index in [1.807, 2.05) is 48.8 Å². The summed E-state index contributed by atoms with van der Waals surface area (Å²) in [6.07, 6.45) is 4.07. The Bertz CT molecular complexity index is 1700. The van der Waals surface area contributed by atoms with Crippen molar-refractivity contribution < 1.29 is 41.1 Å². The van der Waals surface area contributed by atoms with E-state index in [2.05, 4.69) is 4.57 Å². The zero-order chi connectivity index (χ0) is 26.0. The van der Waals surface area contributed by atoms with Crippen LogP contribution in [0.25, 0.3) is 22.3 Å². The number of esters is 1. The Kier molecular flexibility index (Phi) is 6.08. The predicted octanol–water partition coefficient (Wildman–Crippen LogP) is -0.419. The molecule has 200 valence electrons. The Morgan fingerprint density at radius 2 is 1.87 bits per heavy atom. The zero-order valence-electron chi connectivity index (χ0n) is 21.3. The van der Waals surface area contributed by atoms with Crippen molar-refractivity contribution in [2.24, 2.45) is 0 Å². The second-order valence-electron chi connectivity index (χ2n) is 9.98. The van der Waals surface area contributed by atoms with Crippen LogP contribution in [0.1, 0.15) is 42.0 Å². The van der Waals surface area contributed by atoms with Gasteiger partial charge in [0.2, 0.25) is 0 Å². The summed E-state index contributed by atoms with van der Waals surface area (Å²) in [6.45, 7) is 3.42. The zero-order valence-corrected chi connectivity index (χ0v) is 22.0. The fourth-order valence-electron chi connectivity index (χ4n) is 5.86. The number of pyridine rings is 3. The van der Waals surface area contributed by atoms with Crippen LogP contribution in [0.15, 0.2) is 53.6 Å². The van der Waals surface area contributed by atoms with Gasteiger partial charge in [-0.1, -0.05) is 13.0 Å². The smallest absolute Gasteiger partial charge is 0.309 e. The molecule has 0 bridgehead atoms. The van der Waals surface area contributed by atoms with Gasteiger partial charge in [-0.2, -0.15) is 0 Å². The molecule has 1 unspecified atom stereocenters. The molecular weight excluding hydrogens is 522 g/mol. The largest absolute Gasteiger partial charge is 1.00 e. The third kappa shape index (κ3) is 3.87. The van der Waals surface area contributed by atoms with Gasteiger partial charge in [0.15, 0.2) is 30.4 Å². The first-order valence-corrected chi connectivity index (χ1v) is 12.8. The van der Waals surface area contributed by atoms with Crippen LogP contribution in [-0.4, -0.2) is 33.8 Å². The highest BCUT2D eigenvalue weighted by molar-refractivity contribution is 5.94. The van der Waals surface area contributed by atoms with Crippen LogP contribution in [-0.2, 0) is 34.8 Å². The number of hydrogen-bond donors (Lipinski definition) is 1. The van der Waals surface area contributed by atoms with Gasteiger partial charge in [0.05, 0.1) is 40.8 Å². The van der Waals surface area contributed by atoms with Crippen LogP contribution < -0.4 is 32.0 Å². The fourth-order valence-corrected chi connectivity index (χ4v) is 5.86. The van der Waals surface area contributed by atoms with Gasteiger partial charge in [0.1, 0.15) is 25.4 Å². The summed E-state index contributed by atoms with van der Waals surface area (Å²) in [4.78, 5) is 31.1. The first kappa shape index (κ1) is 25.3. The maximum atomic E-state index is 13.8. The summed E-state index contributed by atoms with van der Waals surface area (Å²) < 4.78 is 21.0. The van der Waals surface area contributed by atoms with Gasteiger partial charge in [0.25, 0.3) is 5.56 Å². The molecule has 10 heteroatoms. The molecule has 0 saturated heterocycles. The molecule has 7 rings (SSSR count). The molecule has 6 heterocycles. The molecule has 0 saturated carbocycles. The number of aromatic nitrogens is 3. The second kappa shape index (κ2) is 9.36. The predicted molar refractivity (Wildman–Crippen MR) is 136 cm³/mol. The van der Waals surface area contributed by atoms with Gasteiger partial charge in [-0.15, -0.1) is 0 Å². The second-order valence-corrected chi connectivity index (χ2v) is 9.98. The van der Waals surface area contributed by atoms with Gasteiger partial charge < -0.3 is 36.3 Å². The lowest BCUT2D eigenvalue weighted by atomic mass is 9.85. The van der Waals surface area contributed by atoms with Crippen molar-refractivity contribution >= 4 is 16.9 Å². The lowest BCUT2D eigenvalue weighted by molar-refractivity contribution is -0.688. The van der Waals surface area contributed by atoms with Gasteiger partial charge in [-0.3, -0.25) is 9.59 Å². The van der Waals surface area contributed by atoms with Crippen LogP contribution in [0.4, 0.5) is 0 Å². The number of hydrogen-bond acceptors (Lipinski definition) is 7. The van der Waals surface area contributed by atoms with Crippen LogP contribution in [0.2, 0.25) is 0 Å². The first-order chi connectivity index (χ1) is 18.5. The number of carbonyl (C=O) groups excluding carboxylic acids is 1. The maximum absolute atomic E-state index is 13.8. The van der Waals surface area contributed by atoms with Gasteiger partial charge in [-0.05, 0) is 30.2 Å². The molecule has 9 nitrogen and oxygen atoms in total. The molecule has 1 N–H and O–H groups in total. The number of fused-ring (bicyclic) bond motifs is 7. The summed E-state index contributed by atoms with van der Waals surface area (Å²) in [6, 6.07) is 11.5. The minimum atomic E-state index is -1.48. The summed E-state index contributed by atoms with van der Waals surface area (Å²) in [5.41, 5.74) is 2.97. The van der Waals surface area contributed by atoms with Crippen LogP contribution in [0, 0.1) is 0 Å². The number of rotatable bonds is 3. The highest BCUT2D eigenvalue weighted by atomic mass is 35.5. The van der Waals surface area contributed by atoms with Crippen molar-refractivity contribution in [2.75, 3.05) is 13.2 Å². The number of carbonyl (C=O) groups is 1. The Morgan fingerprint density at radius 1 is 1.08 bits per heavy atom. The third-order valence-electron chi connectivity index (χ3n) is 7.85. The first-order valence-electron chi connectivity index (χ1n) is 12.8. The van der Waals surface area contributed by atoms with Crippen molar-refractivity contribution in [3.05, 3.63) is 81.4 Å². The van der Waals surface area contributed by atoms with Crippen molar-refractivity contribution in [2.45, 2.75) is 45.1 Å². The molecule has 0 amide bonds. The molecule has 0 fully saturated rings. The van der Waals surface area contributed by atoms with Crippen molar-refractivity contribution in [1.82, 2.24) is 9.55 Å². The van der Waals surface area contributed by atoms with E-state index in [0.29, 0.717) is 60.3 Å². The number of benzene rings is 1. The van der Waals surface area contributed by atoms with E-state index in [1.165, 1.54) is 0 Å². The van der Waals surface area contributed by atoms with E-state index < -0.39 is 11.6 Å². The van der Waals surface area contributed by atoms with Crippen molar-refractivity contribution in [3.63, 3.8) is 0 Å². The Balaban J connectivity index is 0.00000277. The summed E-state index contributed by atoms with van der Waals surface area (Å²) in [5.74, 6) is 0.828. The Hall–Kier alpha value is -3.95. The maximum Gasteiger partial charge on any atom is 0.309 e. The molecular formula is C29H26ClN3O6. The van der Waals surface area contributed by atoms with Crippen LogP contribution >= 0.6 is 0 Å². The van der Waals surface area contributed by atoms with E-state index in [1.54, 1.807) is 11.5 Å². The van der Waals surface area contributed by atoms with E-state index >= 15 is 0 Å². The monoisotopic (exact) mass is 547 g/mol. The molecule has 3 aliphatic heterocycles. The number of aliphatic hydroxyl groups is 1. The Labute approximate surface area is 230 Å². The van der Waals surface area contributed by atoms with Crippen LogP contribution in [0.5, 0.6) is 11.5 Å². The van der Waals surface area contributed by atoms with E-state index in [0.717, 1.165) is 22.0 Å². The lowest BCUT2D eigenvalue weighted by Crippen LogP contribution is -3.00. The van der Waals surface area contributed by atoms with E-state index in [4.69, 9.17) is 19.2 Å². The molecule has 4 aromatic rings. The highest BCUT2D eigenvalue weighted by Crippen LogP contribution is 2.45. The number of nitrogens with zero attached hydrogens (tertiary/aromatic N) is 3. The Morgan fingerprint density at radius 3 is 2.67 bits per heavy atom. The molecule has 3 aromatic heterocycles. The minimum absolute atomic E-state index is 0. The highest BCUT2D eigenvalue weighted by Gasteiger charge is 2.40. The summed E-state index contributed by atoms with van der Waals surface area (Å²) in [5, 5.41) is 12.3. The van der Waals surface area contributed by atoms with Crippen molar-refractivity contribution in [3.8, 4) is 22.9 Å². The quantitative estimate of drug-likeness (QED) is 0.242. The van der Waals surface area contributed by atoms with Gasteiger partial charge in [-0.25, -0.2) is 9.55 Å². The van der Waals surface area contributed by atoms with Gasteiger partial charge in [0, 0.05) is 23.3 Å². The van der Waals surface area contributed by atoms with Gasteiger partial charge >= 0.3 is 5.97 Å². The van der Waals surface area contributed by atoms with Crippen LogP contribution in [0.3, 0.4) is 0 Å². The fraction of sp³-hybridized carbons (Fsp3) is 0.310. The standard InChI is InChI=1S/C29H26N3O6.ClH/c1-2-29(35)13-24(33)38-16-19-20(29)12-22-26-18(15-32(22)28(19)34)17(14-31-8-4-3-5-9-31)25-21(30-26)6-7-23-27(25)37-11-10-36-23;/h3-9,12,35H,2,10-11,13-16H2,1H3;1H/q+1;/p-1. The number of cyclic esters (lactones) is 1. The number of halogens is 1. The molecule has 39 heavy (non-hydrogen) atoms. The molecule has 3 aliphatic rings. The minimum Gasteiger partial charge on any atom is -1.00 e. The summed E-state index contributed by atoms with van der Waals surface area (Å²) in [7, 11) is 0. The normalized spacial score (nSPS) is 18.9. The van der Waals surface area contributed by atoms with E-state index in [9.17, 15) is 14.7 Å². The molecule has 1 atom stereocenters.